The summed E-state index contributed by atoms with van der Waals surface area (Å²) in [5, 5.41) is 0. The number of rotatable bonds is 5. The third-order valence-electron chi connectivity index (χ3n) is 2.74. The average molecular weight is 252 g/mol. The van der Waals surface area contributed by atoms with Crippen molar-refractivity contribution in [3.63, 3.8) is 0 Å². The predicted octanol–water partition coefficient (Wildman–Crippen LogP) is 3.30. The van der Waals surface area contributed by atoms with Crippen LogP contribution in [0.25, 0.3) is 0 Å². The van der Waals surface area contributed by atoms with E-state index in [1.54, 1.807) is 0 Å². The van der Waals surface area contributed by atoms with E-state index in [4.69, 9.17) is 9.47 Å². The zero-order chi connectivity index (χ0) is 12.1. The highest BCUT2D eigenvalue weighted by Crippen LogP contribution is 2.18. The molecule has 1 aromatic rings. The standard InChI is InChI=1S/C14H20O2S/c1-11-7-12(2)9-13(8-11)10-17-6-3-14-15-4-5-16-14/h7-9,14H,3-6,10H2,1-2H3. The van der Waals surface area contributed by atoms with Gasteiger partial charge in [-0.2, -0.15) is 11.8 Å². The molecule has 0 radical (unpaired) electrons. The molecule has 0 atom stereocenters. The Kier molecular flexibility index (Phi) is 4.89. The quantitative estimate of drug-likeness (QED) is 0.749. The highest BCUT2D eigenvalue weighted by molar-refractivity contribution is 7.98. The molecule has 0 N–H and O–H groups in total. The fourth-order valence-electron chi connectivity index (χ4n) is 2.10. The van der Waals surface area contributed by atoms with Crippen molar-refractivity contribution < 1.29 is 9.47 Å². The van der Waals surface area contributed by atoms with Gasteiger partial charge in [0.1, 0.15) is 0 Å². The SMILES string of the molecule is Cc1cc(C)cc(CSCCC2OCCO2)c1. The number of ether oxygens (including phenoxy) is 2. The van der Waals surface area contributed by atoms with Gasteiger partial charge in [-0.3, -0.25) is 0 Å². The van der Waals surface area contributed by atoms with Gasteiger partial charge in [-0.15, -0.1) is 0 Å². The lowest BCUT2D eigenvalue weighted by molar-refractivity contribution is -0.0421. The molecule has 0 aliphatic carbocycles. The van der Waals surface area contributed by atoms with Gasteiger partial charge in [0.25, 0.3) is 0 Å². The van der Waals surface area contributed by atoms with Crippen LogP contribution >= 0.6 is 11.8 Å². The minimum Gasteiger partial charge on any atom is -0.350 e. The number of aryl methyl sites for hydroxylation is 2. The molecular weight excluding hydrogens is 232 g/mol. The van der Waals surface area contributed by atoms with E-state index in [1.807, 2.05) is 11.8 Å². The molecule has 0 saturated carbocycles. The monoisotopic (exact) mass is 252 g/mol. The predicted molar refractivity (Wildman–Crippen MR) is 72.4 cm³/mol. The molecule has 3 heteroatoms. The van der Waals surface area contributed by atoms with Crippen LogP contribution in [0.3, 0.4) is 0 Å². The third-order valence-corrected chi connectivity index (χ3v) is 3.80. The van der Waals surface area contributed by atoms with E-state index in [2.05, 4.69) is 32.0 Å². The first-order valence-corrected chi connectivity index (χ1v) is 7.27. The summed E-state index contributed by atoms with van der Waals surface area (Å²) in [6.07, 6.45) is 1.04. The van der Waals surface area contributed by atoms with Crippen molar-refractivity contribution in [1.29, 1.82) is 0 Å². The van der Waals surface area contributed by atoms with Crippen LogP contribution in [0.1, 0.15) is 23.1 Å². The highest BCUT2D eigenvalue weighted by atomic mass is 32.2. The molecule has 1 heterocycles. The first-order valence-electron chi connectivity index (χ1n) is 6.12. The first kappa shape index (κ1) is 12.9. The normalized spacial score (nSPS) is 16.6. The van der Waals surface area contributed by atoms with Gasteiger partial charge in [0.2, 0.25) is 0 Å². The Hall–Kier alpha value is -0.510. The lowest BCUT2D eigenvalue weighted by atomic mass is 10.1. The summed E-state index contributed by atoms with van der Waals surface area (Å²) in [5.41, 5.74) is 4.12. The van der Waals surface area contributed by atoms with Crippen LogP contribution in [0, 0.1) is 13.8 Å². The van der Waals surface area contributed by atoms with Crippen LogP contribution in [0.2, 0.25) is 0 Å². The summed E-state index contributed by atoms with van der Waals surface area (Å²) in [6, 6.07) is 6.75. The van der Waals surface area contributed by atoms with Crippen molar-refractivity contribution in [3.8, 4) is 0 Å². The third kappa shape index (κ3) is 4.34. The van der Waals surface area contributed by atoms with Crippen LogP contribution < -0.4 is 0 Å². The van der Waals surface area contributed by atoms with Crippen molar-refractivity contribution >= 4 is 11.8 Å². The van der Waals surface area contributed by atoms with Crippen molar-refractivity contribution in [2.24, 2.45) is 0 Å². The Morgan fingerprint density at radius 1 is 1.12 bits per heavy atom. The second kappa shape index (κ2) is 6.43. The lowest BCUT2D eigenvalue weighted by Crippen LogP contribution is -2.08. The fourth-order valence-corrected chi connectivity index (χ4v) is 3.00. The van der Waals surface area contributed by atoms with Gasteiger partial charge in [-0.25, -0.2) is 0 Å². The minimum atomic E-state index is 0.0433. The maximum Gasteiger partial charge on any atom is 0.158 e. The molecule has 0 aromatic heterocycles. The van der Waals surface area contributed by atoms with Gasteiger partial charge in [-0.1, -0.05) is 29.3 Å². The maximum absolute atomic E-state index is 5.41. The van der Waals surface area contributed by atoms with Gasteiger partial charge in [0, 0.05) is 12.2 Å². The minimum absolute atomic E-state index is 0.0433. The summed E-state index contributed by atoms with van der Waals surface area (Å²) >= 11 is 1.95. The molecule has 1 aliphatic rings. The van der Waals surface area contributed by atoms with Crippen LogP contribution in [0.15, 0.2) is 18.2 Å². The molecule has 2 nitrogen and oxygen atoms in total. The fraction of sp³-hybridized carbons (Fsp3) is 0.571. The van der Waals surface area contributed by atoms with E-state index in [0.29, 0.717) is 0 Å². The van der Waals surface area contributed by atoms with E-state index < -0.39 is 0 Å². The Morgan fingerprint density at radius 2 is 1.76 bits per heavy atom. The summed E-state index contributed by atoms with van der Waals surface area (Å²) in [6.45, 7) is 5.82. The molecule has 1 aliphatic heterocycles. The van der Waals surface area contributed by atoms with Crippen molar-refractivity contribution in [1.82, 2.24) is 0 Å². The van der Waals surface area contributed by atoms with E-state index in [-0.39, 0.29) is 6.29 Å². The Labute approximate surface area is 108 Å². The van der Waals surface area contributed by atoms with Crippen LogP contribution in [0.5, 0.6) is 0 Å². The molecule has 17 heavy (non-hydrogen) atoms. The second-order valence-electron chi connectivity index (χ2n) is 4.51. The zero-order valence-electron chi connectivity index (χ0n) is 10.6. The van der Waals surface area contributed by atoms with E-state index in [0.717, 1.165) is 31.1 Å². The zero-order valence-corrected chi connectivity index (χ0v) is 11.4. The molecular formula is C14H20O2S. The maximum atomic E-state index is 5.41. The Bertz CT molecular complexity index is 339. The summed E-state index contributed by atoms with van der Waals surface area (Å²) in [5.74, 6) is 2.17. The second-order valence-corrected chi connectivity index (χ2v) is 5.61. The molecule has 1 aromatic carbocycles. The molecule has 0 spiro atoms. The smallest absolute Gasteiger partial charge is 0.158 e. The van der Waals surface area contributed by atoms with E-state index >= 15 is 0 Å². The number of thioether (sulfide) groups is 1. The molecule has 0 bridgehead atoms. The lowest BCUT2D eigenvalue weighted by Gasteiger charge is -2.09. The van der Waals surface area contributed by atoms with Crippen molar-refractivity contribution in [2.75, 3.05) is 19.0 Å². The van der Waals surface area contributed by atoms with Crippen LogP contribution in [-0.4, -0.2) is 25.3 Å². The molecule has 1 saturated heterocycles. The average Bonchev–Trinajstić information content (AvgIpc) is 2.76. The van der Waals surface area contributed by atoms with Crippen molar-refractivity contribution in [2.45, 2.75) is 32.3 Å². The van der Waals surface area contributed by atoms with E-state index in [1.165, 1.54) is 16.7 Å². The van der Waals surface area contributed by atoms with Gasteiger partial charge in [0.05, 0.1) is 13.2 Å². The molecule has 94 valence electrons. The molecule has 0 unspecified atom stereocenters. The molecule has 0 amide bonds. The van der Waals surface area contributed by atoms with Crippen LogP contribution in [0.4, 0.5) is 0 Å². The molecule has 1 fully saturated rings. The van der Waals surface area contributed by atoms with E-state index in [9.17, 15) is 0 Å². The van der Waals surface area contributed by atoms with Crippen molar-refractivity contribution in [3.05, 3.63) is 34.9 Å². The van der Waals surface area contributed by atoms with Gasteiger partial charge in [0.15, 0.2) is 6.29 Å². The largest absolute Gasteiger partial charge is 0.350 e. The van der Waals surface area contributed by atoms with Gasteiger partial charge in [-0.05, 0) is 25.2 Å². The van der Waals surface area contributed by atoms with Crippen LogP contribution in [-0.2, 0) is 15.2 Å². The summed E-state index contributed by atoms with van der Waals surface area (Å²) in [4.78, 5) is 0. The number of hydrogen-bond donors (Lipinski definition) is 0. The molecule has 2 rings (SSSR count). The van der Waals surface area contributed by atoms with Gasteiger partial charge >= 0.3 is 0 Å². The Morgan fingerprint density at radius 3 is 2.41 bits per heavy atom. The number of hydrogen-bond acceptors (Lipinski definition) is 3. The van der Waals surface area contributed by atoms with Gasteiger partial charge < -0.3 is 9.47 Å². The first-order chi connectivity index (χ1) is 8.24. The summed E-state index contributed by atoms with van der Waals surface area (Å²) < 4.78 is 10.8. The highest BCUT2D eigenvalue weighted by Gasteiger charge is 2.14. The topological polar surface area (TPSA) is 18.5 Å². The number of benzene rings is 1. The Balaban J connectivity index is 1.70. The summed E-state index contributed by atoms with van der Waals surface area (Å²) in [7, 11) is 0.